The Labute approximate surface area is 115 Å². The molecule has 0 radical (unpaired) electrons. The Morgan fingerprint density at radius 1 is 1.50 bits per heavy atom. The Kier molecular flexibility index (Phi) is 3.20. The molecule has 1 atom stereocenters. The van der Waals surface area contributed by atoms with Crippen molar-refractivity contribution in [1.82, 2.24) is 14.8 Å². The van der Waals surface area contributed by atoms with Gasteiger partial charge in [0.05, 0.1) is 0 Å². The predicted octanol–water partition coefficient (Wildman–Crippen LogP) is 2.02. The number of amides is 1. The Morgan fingerprint density at radius 3 is 2.94 bits per heavy atom. The lowest BCUT2D eigenvalue weighted by atomic mass is 10.2. The van der Waals surface area contributed by atoms with E-state index in [1.165, 1.54) is 12.8 Å². The fraction of sp³-hybridized carbons (Fsp3) is 0.615. The van der Waals surface area contributed by atoms with Gasteiger partial charge >= 0.3 is 0 Å². The molecule has 3 rings (SSSR count). The van der Waals surface area contributed by atoms with Crippen molar-refractivity contribution in [1.29, 1.82) is 0 Å². The minimum atomic E-state index is 0.168. The average Bonchev–Trinajstić information content (AvgIpc) is 3.12. The van der Waals surface area contributed by atoms with Crippen molar-refractivity contribution >= 4 is 21.8 Å². The van der Waals surface area contributed by atoms with Crippen LogP contribution in [0.5, 0.6) is 0 Å². The molecule has 5 heteroatoms. The molecular weight excluding hydrogens is 294 g/mol. The molecule has 0 spiro atoms. The van der Waals surface area contributed by atoms with Gasteiger partial charge in [-0.2, -0.15) is 0 Å². The highest BCUT2D eigenvalue weighted by Crippen LogP contribution is 2.37. The van der Waals surface area contributed by atoms with Crippen molar-refractivity contribution in [3.8, 4) is 0 Å². The van der Waals surface area contributed by atoms with Crippen LogP contribution in [-0.4, -0.2) is 41.1 Å². The highest BCUT2D eigenvalue weighted by Gasteiger charge is 2.31. The molecule has 1 N–H and O–H groups in total. The number of halogens is 1. The number of nitrogens with zero attached hydrogens (tertiary/aromatic N) is 2. The van der Waals surface area contributed by atoms with Gasteiger partial charge in [0.15, 0.2) is 0 Å². The maximum atomic E-state index is 12.6. The summed E-state index contributed by atoms with van der Waals surface area (Å²) >= 11 is 3.48. The summed E-state index contributed by atoms with van der Waals surface area (Å²) in [5.74, 6) is 0.168. The highest BCUT2D eigenvalue weighted by molar-refractivity contribution is 9.10. The van der Waals surface area contributed by atoms with Gasteiger partial charge < -0.3 is 14.8 Å². The molecule has 2 fully saturated rings. The van der Waals surface area contributed by atoms with Crippen LogP contribution in [0.15, 0.2) is 16.7 Å². The van der Waals surface area contributed by atoms with E-state index in [9.17, 15) is 4.79 Å². The quantitative estimate of drug-likeness (QED) is 0.907. The van der Waals surface area contributed by atoms with Crippen molar-refractivity contribution < 1.29 is 4.79 Å². The molecule has 18 heavy (non-hydrogen) atoms. The Bertz CT molecular complexity index is 467. The average molecular weight is 312 g/mol. The van der Waals surface area contributed by atoms with Crippen molar-refractivity contribution in [3.63, 3.8) is 0 Å². The monoisotopic (exact) mass is 311 g/mol. The second-order valence-corrected chi connectivity index (χ2v) is 6.15. The van der Waals surface area contributed by atoms with Crippen LogP contribution >= 0.6 is 15.9 Å². The van der Waals surface area contributed by atoms with Crippen LogP contribution in [0, 0.1) is 0 Å². The summed E-state index contributed by atoms with van der Waals surface area (Å²) in [7, 11) is 0. The summed E-state index contributed by atoms with van der Waals surface area (Å²) in [6.45, 7) is 4.68. The van der Waals surface area contributed by atoms with E-state index in [2.05, 4.69) is 32.7 Å². The number of rotatable bonds is 2. The van der Waals surface area contributed by atoms with Crippen LogP contribution in [-0.2, 0) is 0 Å². The first-order valence-electron chi connectivity index (χ1n) is 6.56. The predicted molar refractivity (Wildman–Crippen MR) is 73.8 cm³/mol. The molecule has 0 unspecified atom stereocenters. The molecule has 98 valence electrons. The molecule has 1 amide bonds. The summed E-state index contributed by atoms with van der Waals surface area (Å²) in [5.41, 5.74) is 0.832. The van der Waals surface area contributed by atoms with Crippen LogP contribution in [0.1, 0.15) is 36.3 Å². The minimum Gasteiger partial charge on any atom is -0.339 e. The standard InChI is InChI=1S/C13H18BrN3O/c1-9-7-15-4-5-16(9)13(18)12-6-10(14)8-17(12)11-2-3-11/h6,8-9,11,15H,2-5,7H2,1H3/t9-/m1/s1. The first-order valence-corrected chi connectivity index (χ1v) is 7.35. The van der Waals surface area contributed by atoms with Gasteiger partial charge in [0.25, 0.3) is 5.91 Å². The molecule has 1 aliphatic heterocycles. The maximum Gasteiger partial charge on any atom is 0.270 e. The zero-order chi connectivity index (χ0) is 12.7. The van der Waals surface area contributed by atoms with Crippen LogP contribution < -0.4 is 5.32 Å². The van der Waals surface area contributed by atoms with Gasteiger partial charge in [-0.05, 0) is 41.8 Å². The summed E-state index contributed by atoms with van der Waals surface area (Å²) in [4.78, 5) is 14.6. The number of carbonyl (C=O) groups excluding carboxylic acids is 1. The fourth-order valence-corrected chi connectivity index (χ4v) is 3.00. The summed E-state index contributed by atoms with van der Waals surface area (Å²) in [6.07, 6.45) is 4.43. The third-order valence-electron chi connectivity index (χ3n) is 3.74. The van der Waals surface area contributed by atoms with E-state index in [1.54, 1.807) is 0 Å². The maximum absolute atomic E-state index is 12.6. The van der Waals surface area contributed by atoms with Crippen molar-refractivity contribution in [2.75, 3.05) is 19.6 Å². The number of hydrogen-bond donors (Lipinski definition) is 1. The van der Waals surface area contributed by atoms with Gasteiger partial charge in [-0.3, -0.25) is 4.79 Å². The smallest absolute Gasteiger partial charge is 0.270 e. The van der Waals surface area contributed by atoms with Gasteiger partial charge in [0.2, 0.25) is 0 Å². The topological polar surface area (TPSA) is 37.3 Å². The fourth-order valence-electron chi connectivity index (χ4n) is 2.56. The summed E-state index contributed by atoms with van der Waals surface area (Å²) in [6, 6.07) is 2.76. The number of piperazine rings is 1. The lowest BCUT2D eigenvalue weighted by Gasteiger charge is -2.34. The molecule has 2 aliphatic rings. The number of nitrogens with one attached hydrogen (secondary N) is 1. The second-order valence-electron chi connectivity index (χ2n) is 5.23. The second kappa shape index (κ2) is 4.70. The molecule has 0 aromatic carbocycles. The van der Waals surface area contributed by atoms with Gasteiger partial charge in [0, 0.05) is 42.4 Å². The number of carbonyl (C=O) groups is 1. The summed E-state index contributed by atoms with van der Waals surface area (Å²) < 4.78 is 3.14. The molecule has 1 aliphatic carbocycles. The Hall–Kier alpha value is -0.810. The zero-order valence-corrected chi connectivity index (χ0v) is 12.1. The third-order valence-corrected chi connectivity index (χ3v) is 4.17. The van der Waals surface area contributed by atoms with Crippen LogP contribution in [0.4, 0.5) is 0 Å². The highest BCUT2D eigenvalue weighted by atomic mass is 79.9. The van der Waals surface area contributed by atoms with Crippen molar-refractivity contribution in [2.24, 2.45) is 0 Å². The van der Waals surface area contributed by atoms with Gasteiger partial charge in [0.1, 0.15) is 5.69 Å². The van der Waals surface area contributed by atoms with Crippen LogP contribution in [0.25, 0.3) is 0 Å². The molecular formula is C13H18BrN3O. The zero-order valence-electron chi connectivity index (χ0n) is 10.5. The minimum absolute atomic E-state index is 0.168. The number of aromatic nitrogens is 1. The lowest BCUT2D eigenvalue weighted by Crippen LogP contribution is -2.52. The van der Waals surface area contributed by atoms with E-state index in [0.717, 1.165) is 29.8 Å². The van der Waals surface area contributed by atoms with E-state index in [1.807, 2.05) is 17.2 Å². The molecule has 0 bridgehead atoms. The van der Waals surface area contributed by atoms with E-state index in [-0.39, 0.29) is 11.9 Å². The van der Waals surface area contributed by atoms with Crippen LogP contribution in [0.3, 0.4) is 0 Å². The first-order chi connectivity index (χ1) is 8.66. The van der Waals surface area contributed by atoms with E-state index in [0.29, 0.717) is 6.04 Å². The van der Waals surface area contributed by atoms with Gasteiger partial charge in [-0.15, -0.1) is 0 Å². The molecule has 4 nitrogen and oxygen atoms in total. The van der Waals surface area contributed by atoms with E-state index in [4.69, 9.17) is 0 Å². The molecule has 1 saturated carbocycles. The molecule has 2 heterocycles. The van der Waals surface area contributed by atoms with E-state index >= 15 is 0 Å². The van der Waals surface area contributed by atoms with Crippen molar-refractivity contribution in [3.05, 3.63) is 22.4 Å². The van der Waals surface area contributed by atoms with Gasteiger partial charge in [-0.25, -0.2) is 0 Å². The Balaban J connectivity index is 1.86. The first kappa shape index (κ1) is 12.2. The lowest BCUT2D eigenvalue weighted by molar-refractivity contribution is 0.0644. The largest absolute Gasteiger partial charge is 0.339 e. The molecule has 1 aromatic heterocycles. The normalized spacial score (nSPS) is 24.3. The molecule has 1 saturated heterocycles. The van der Waals surface area contributed by atoms with Crippen molar-refractivity contribution in [2.45, 2.75) is 31.8 Å². The molecule has 1 aromatic rings. The Morgan fingerprint density at radius 2 is 2.28 bits per heavy atom. The SMILES string of the molecule is C[C@@H]1CNCCN1C(=O)c1cc(Br)cn1C1CC1. The van der Waals surface area contributed by atoms with E-state index < -0.39 is 0 Å². The summed E-state index contributed by atoms with van der Waals surface area (Å²) in [5, 5.41) is 3.32. The third kappa shape index (κ3) is 2.21. The number of hydrogen-bond acceptors (Lipinski definition) is 2. The van der Waals surface area contributed by atoms with Crippen LogP contribution in [0.2, 0.25) is 0 Å². The van der Waals surface area contributed by atoms with Gasteiger partial charge in [-0.1, -0.05) is 0 Å².